The van der Waals surface area contributed by atoms with Crippen LogP contribution in [0, 0.1) is 0 Å². The van der Waals surface area contributed by atoms with E-state index in [9.17, 15) is 0 Å². The molecule has 6 nitrogen and oxygen atoms in total. The predicted molar refractivity (Wildman–Crippen MR) is 64.1 cm³/mol. The molecule has 0 unspecified atom stereocenters. The topological polar surface area (TPSA) is 75.3 Å². The van der Waals surface area contributed by atoms with Gasteiger partial charge in [0.2, 0.25) is 0 Å². The molecule has 2 N–H and O–H groups in total. The molecule has 4 atom stereocenters. The van der Waals surface area contributed by atoms with E-state index < -0.39 is 11.6 Å². The minimum Gasteiger partial charge on any atom is -0.385 e. The maximum atomic E-state index is 5.92. The number of amidine groups is 1. The highest BCUT2D eigenvalue weighted by Gasteiger charge is 2.55. The molecule has 0 spiro atoms. The van der Waals surface area contributed by atoms with Gasteiger partial charge in [-0.25, -0.2) is 0 Å². The van der Waals surface area contributed by atoms with Gasteiger partial charge in [0.1, 0.15) is 30.2 Å². The number of fused-ring (bicyclic) bond motifs is 1. The summed E-state index contributed by atoms with van der Waals surface area (Å²) in [5.74, 6) is -0.700. The monoisotopic (exact) mass is 256 g/mol. The lowest BCUT2D eigenvalue weighted by Crippen LogP contribution is -2.41. The Morgan fingerprint density at radius 3 is 2.44 bits per heavy atom. The number of hydrogen-bond acceptors (Lipinski definition) is 6. The van der Waals surface area contributed by atoms with Crippen molar-refractivity contribution in [1.29, 1.82) is 0 Å². The van der Waals surface area contributed by atoms with E-state index in [0.717, 1.165) is 0 Å². The largest absolute Gasteiger partial charge is 0.385 e. The van der Waals surface area contributed by atoms with E-state index in [1.807, 2.05) is 27.7 Å². The molecule has 6 heteroatoms. The second-order valence-electron chi connectivity index (χ2n) is 5.93. The molecule has 3 aliphatic heterocycles. The molecule has 0 bridgehead atoms. The van der Waals surface area contributed by atoms with Crippen LogP contribution in [0.3, 0.4) is 0 Å². The fourth-order valence-electron chi connectivity index (χ4n) is 2.77. The SMILES string of the molecule is CC1(C)O[C@H]2[C@H]([C@H]3COC(C)(C)O3)N=C(N)[C@H]2O1. The van der Waals surface area contributed by atoms with E-state index in [-0.39, 0.29) is 24.4 Å². The highest BCUT2D eigenvalue weighted by Crippen LogP contribution is 2.38. The Morgan fingerprint density at radius 2 is 1.83 bits per heavy atom. The van der Waals surface area contributed by atoms with Crippen LogP contribution in [0.25, 0.3) is 0 Å². The molecule has 0 saturated carbocycles. The minimum atomic E-state index is -0.622. The highest BCUT2D eigenvalue weighted by atomic mass is 16.8. The van der Waals surface area contributed by atoms with Crippen molar-refractivity contribution in [2.24, 2.45) is 10.7 Å². The van der Waals surface area contributed by atoms with Gasteiger partial charge in [0.05, 0.1) is 6.61 Å². The van der Waals surface area contributed by atoms with Gasteiger partial charge in [-0.3, -0.25) is 4.99 Å². The van der Waals surface area contributed by atoms with Gasteiger partial charge in [-0.15, -0.1) is 0 Å². The van der Waals surface area contributed by atoms with Gasteiger partial charge in [-0.05, 0) is 27.7 Å². The molecule has 0 aromatic carbocycles. The molecular weight excluding hydrogens is 236 g/mol. The summed E-state index contributed by atoms with van der Waals surface area (Å²) in [6, 6.07) is -0.154. The average Bonchev–Trinajstić information content (AvgIpc) is 2.81. The summed E-state index contributed by atoms with van der Waals surface area (Å²) in [6.07, 6.45) is -0.578. The van der Waals surface area contributed by atoms with Crippen LogP contribution in [0.15, 0.2) is 4.99 Å². The van der Waals surface area contributed by atoms with E-state index in [2.05, 4.69) is 4.99 Å². The standard InChI is InChI=1S/C12H20N2O4/c1-11(2)15-5-6(16-11)7-8-9(10(13)14-7)18-12(3,4)17-8/h6-9H,5H2,1-4H3,(H2,13,14)/t6-,7+,8+,9+/m1/s1. The van der Waals surface area contributed by atoms with Gasteiger partial charge < -0.3 is 24.7 Å². The molecule has 18 heavy (non-hydrogen) atoms. The number of rotatable bonds is 1. The summed E-state index contributed by atoms with van der Waals surface area (Å²) >= 11 is 0. The average molecular weight is 256 g/mol. The minimum absolute atomic E-state index is 0.133. The third-order valence-corrected chi connectivity index (χ3v) is 3.47. The molecule has 0 aliphatic carbocycles. The fraction of sp³-hybridized carbons (Fsp3) is 0.917. The van der Waals surface area contributed by atoms with Crippen LogP contribution >= 0.6 is 0 Å². The normalized spacial score (nSPS) is 45.0. The van der Waals surface area contributed by atoms with Crippen molar-refractivity contribution in [1.82, 2.24) is 0 Å². The van der Waals surface area contributed by atoms with Gasteiger partial charge >= 0.3 is 0 Å². The molecule has 3 heterocycles. The molecule has 0 aromatic heterocycles. The van der Waals surface area contributed by atoms with Gasteiger partial charge in [0.25, 0.3) is 0 Å². The summed E-state index contributed by atoms with van der Waals surface area (Å²) in [5.41, 5.74) is 5.92. The third-order valence-electron chi connectivity index (χ3n) is 3.47. The van der Waals surface area contributed by atoms with Crippen molar-refractivity contribution in [3.8, 4) is 0 Å². The van der Waals surface area contributed by atoms with Crippen molar-refractivity contribution < 1.29 is 18.9 Å². The molecule has 3 rings (SSSR count). The van der Waals surface area contributed by atoms with Gasteiger partial charge in [-0.2, -0.15) is 0 Å². The van der Waals surface area contributed by atoms with Crippen molar-refractivity contribution in [3.05, 3.63) is 0 Å². The third kappa shape index (κ3) is 1.93. The summed E-state index contributed by atoms with van der Waals surface area (Å²) in [5, 5.41) is 0. The Labute approximate surface area is 106 Å². The lowest BCUT2D eigenvalue weighted by Gasteiger charge is -2.24. The van der Waals surface area contributed by atoms with Gasteiger partial charge in [-0.1, -0.05) is 0 Å². The summed E-state index contributed by atoms with van der Waals surface area (Å²) in [7, 11) is 0. The first-order chi connectivity index (χ1) is 8.27. The first-order valence-electron chi connectivity index (χ1n) is 6.28. The number of ether oxygens (including phenoxy) is 4. The fourth-order valence-corrected chi connectivity index (χ4v) is 2.77. The Bertz CT molecular complexity index is 394. The van der Waals surface area contributed by atoms with Gasteiger partial charge in [0.15, 0.2) is 11.6 Å². The zero-order chi connectivity index (χ0) is 13.1. The lowest BCUT2D eigenvalue weighted by atomic mass is 10.0. The van der Waals surface area contributed by atoms with Crippen LogP contribution in [0.4, 0.5) is 0 Å². The van der Waals surface area contributed by atoms with E-state index in [4.69, 9.17) is 24.7 Å². The van der Waals surface area contributed by atoms with Crippen molar-refractivity contribution >= 4 is 5.84 Å². The zero-order valence-corrected chi connectivity index (χ0v) is 11.2. The van der Waals surface area contributed by atoms with E-state index in [1.54, 1.807) is 0 Å². The quantitative estimate of drug-likeness (QED) is 0.735. The van der Waals surface area contributed by atoms with Crippen LogP contribution in [-0.4, -0.2) is 48.4 Å². The number of nitrogens with two attached hydrogens (primary N) is 1. The zero-order valence-electron chi connectivity index (χ0n) is 11.2. The summed E-state index contributed by atoms with van der Waals surface area (Å²) < 4.78 is 23.0. The van der Waals surface area contributed by atoms with E-state index >= 15 is 0 Å². The van der Waals surface area contributed by atoms with Crippen molar-refractivity contribution in [2.75, 3.05) is 6.61 Å². The summed E-state index contributed by atoms with van der Waals surface area (Å²) in [4.78, 5) is 4.43. The number of aliphatic imine (C=N–C) groups is 1. The molecule has 3 aliphatic rings. The van der Waals surface area contributed by atoms with E-state index in [1.165, 1.54) is 0 Å². The Balaban J connectivity index is 1.79. The second-order valence-corrected chi connectivity index (χ2v) is 5.93. The van der Waals surface area contributed by atoms with Crippen molar-refractivity contribution in [2.45, 2.75) is 63.6 Å². The maximum Gasteiger partial charge on any atom is 0.164 e. The number of hydrogen-bond donors (Lipinski definition) is 1. The maximum absolute atomic E-state index is 5.92. The highest BCUT2D eigenvalue weighted by molar-refractivity contribution is 5.88. The molecule has 0 radical (unpaired) electrons. The Morgan fingerprint density at radius 1 is 1.11 bits per heavy atom. The summed E-state index contributed by atoms with van der Waals surface area (Å²) in [6.45, 7) is 8.05. The molecule has 0 aromatic rings. The van der Waals surface area contributed by atoms with Crippen LogP contribution in [-0.2, 0) is 18.9 Å². The molecular formula is C12H20N2O4. The van der Waals surface area contributed by atoms with E-state index in [0.29, 0.717) is 12.4 Å². The second kappa shape index (κ2) is 3.66. The smallest absolute Gasteiger partial charge is 0.164 e. The first kappa shape index (κ1) is 12.3. The number of nitrogens with zero attached hydrogens (tertiary/aromatic N) is 1. The van der Waals surface area contributed by atoms with Crippen LogP contribution in [0.1, 0.15) is 27.7 Å². The van der Waals surface area contributed by atoms with Crippen molar-refractivity contribution in [3.63, 3.8) is 0 Å². The van der Waals surface area contributed by atoms with Crippen LogP contribution < -0.4 is 5.73 Å². The molecule has 0 amide bonds. The molecule has 2 saturated heterocycles. The lowest BCUT2D eigenvalue weighted by molar-refractivity contribution is -0.158. The molecule has 2 fully saturated rings. The first-order valence-corrected chi connectivity index (χ1v) is 6.28. The Kier molecular flexibility index (Phi) is 2.51. The molecule has 102 valence electrons. The Hall–Kier alpha value is -0.690. The van der Waals surface area contributed by atoms with Crippen LogP contribution in [0.5, 0.6) is 0 Å². The van der Waals surface area contributed by atoms with Crippen LogP contribution in [0.2, 0.25) is 0 Å². The predicted octanol–water partition coefficient (Wildman–Crippen LogP) is 0.397. The van der Waals surface area contributed by atoms with Gasteiger partial charge in [0, 0.05) is 0 Å².